The van der Waals surface area contributed by atoms with Crippen LogP contribution in [0.4, 0.5) is 39.3 Å². The van der Waals surface area contributed by atoms with Crippen LogP contribution in [0.1, 0.15) is 145 Å². The van der Waals surface area contributed by atoms with Crippen LogP contribution in [0.25, 0.3) is 49.8 Å². The van der Waals surface area contributed by atoms with E-state index in [1.165, 1.54) is 57.1 Å². The van der Waals surface area contributed by atoms with E-state index in [4.69, 9.17) is 85.9 Å². The van der Waals surface area contributed by atoms with E-state index in [1.807, 2.05) is 148 Å². The highest BCUT2D eigenvalue weighted by Gasteiger charge is 2.28. The largest absolute Gasteiger partial charge is 0.465 e. The first-order chi connectivity index (χ1) is 59.3. The Morgan fingerprint density at radius 2 is 0.789 bits per heavy atom. The van der Waals surface area contributed by atoms with Gasteiger partial charge < -0.3 is 62.7 Å². The zero-order chi connectivity index (χ0) is 88.0. The number of pyridine rings is 3. The molecule has 0 saturated carbocycles. The lowest BCUT2D eigenvalue weighted by Crippen LogP contribution is -2.37. The molecule has 6 aromatic carbocycles. The van der Waals surface area contributed by atoms with Crippen molar-refractivity contribution in [3.8, 4) is 17.1 Å². The van der Waals surface area contributed by atoms with Crippen LogP contribution in [0, 0.1) is 0 Å². The molecule has 14 rings (SSSR count). The molecule has 632 valence electrons. The number of anilines is 6. The number of nitrogens with one attached hydrogen (secondary N) is 5. The number of hydrogen-bond acceptors (Lipinski definition) is 28. The Bertz CT molecular complexity index is 6260. The number of aromatic nitrogens is 13. The highest BCUT2D eigenvalue weighted by Crippen LogP contribution is 2.33. The summed E-state index contributed by atoms with van der Waals surface area (Å²) in [6.45, 7) is 12.2. The van der Waals surface area contributed by atoms with Gasteiger partial charge in [-0.3, -0.25) is 43.0 Å². The van der Waals surface area contributed by atoms with Crippen molar-refractivity contribution in [2.45, 2.75) is 104 Å². The number of rotatable bonds is 24. The number of amides is 1. The van der Waals surface area contributed by atoms with E-state index in [0.717, 1.165) is 0 Å². The first-order valence-corrected chi connectivity index (χ1v) is 39.7. The number of alkyl carbamates (subject to hydrolysis) is 1. The molecule has 0 fully saturated rings. The summed E-state index contributed by atoms with van der Waals surface area (Å²) >= 11 is 17.3. The second-order valence-electron chi connectivity index (χ2n) is 28.1. The maximum atomic E-state index is 14.2. The molecule has 3 atom stereocenters. The molecule has 11 N–H and O–H groups in total. The van der Waals surface area contributed by atoms with Gasteiger partial charge in [0.05, 0.1) is 143 Å². The van der Waals surface area contributed by atoms with Crippen molar-refractivity contribution in [3.05, 3.63) is 311 Å². The van der Waals surface area contributed by atoms with Gasteiger partial charge in [0, 0.05) is 35.7 Å². The van der Waals surface area contributed by atoms with Crippen molar-refractivity contribution in [3.63, 3.8) is 0 Å². The molecule has 0 aliphatic carbocycles. The van der Waals surface area contributed by atoms with Gasteiger partial charge >= 0.3 is 24.0 Å². The van der Waals surface area contributed by atoms with Gasteiger partial charge in [-0.05, 0) is 149 Å². The SMILES string of the molecule is CC[C@H](N)c1nc2cccc(NCc3ccc(C(=O)OC)cn3)c2c(=O)n1-c1ccccc1.CC[C@H](NC(=O)OC(C)(C)C)c1nc2cccc(NCc3ccc(C(=O)OC)cn3)c2c(=O)n1-c1ccccc1.CC[C@H](Nc1ncnc(N)c1Cl)c1nc2cccc(NCc3ccc(C(=O)OC)cn3)c2c(=O)n1-c1ccccc1.Nc1ncnc(Cl)c1Cl. The van der Waals surface area contributed by atoms with Gasteiger partial charge in [0.1, 0.15) is 57.4 Å². The number of methoxy groups -OCH3 is 3. The normalized spacial score (nSPS) is 11.7. The minimum atomic E-state index is -0.673. The highest BCUT2D eigenvalue weighted by atomic mass is 35.5. The van der Waals surface area contributed by atoms with Gasteiger partial charge in [0.15, 0.2) is 11.0 Å². The number of para-hydroxylation sites is 3. The molecule has 14 aromatic rings. The van der Waals surface area contributed by atoms with Gasteiger partial charge in [0.2, 0.25) is 0 Å². The zero-order valence-corrected chi connectivity index (χ0v) is 70.6. The lowest BCUT2D eigenvalue weighted by molar-refractivity contribution is 0.0496. The Labute approximate surface area is 720 Å². The van der Waals surface area contributed by atoms with E-state index in [-0.39, 0.29) is 49.6 Å². The van der Waals surface area contributed by atoms with Crippen molar-refractivity contribution in [1.82, 2.24) is 68.9 Å². The van der Waals surface area contributed by atoms with Crippen molar-refractivity contribution in [2.24, 2.45) is 5.73 Å². The second kappa shape index (κ2) is 41.6. The van der Waals surface area contributed by atoms with Gasteiger partial charge in [-0.1, -0.05) is 128 Å². The monoisotopic (exact) mass is 1720 g/mol. The first kappa shape index (κ1) is 89.4. The molecule has 35 heteroatoms. The number of benzene rings is 6. The minimum Gasteiger partial charge on any atom is -0.465 e. The lowest BCUT2D eigenvalue weighted by atomic mass is 10.1. The molecule has 0 aliphatic rings. The Morgan fingerprint density at radius 3 is 1.12 bits per heavy atom. The van der Waals surface area contributed by atoms with Gasteiger partial charge in [0.25, 0.3) is 16.7 Å². The number of ether oxygens (including phenoxy) is 4. The topological polar surface area (TPSA) is 438 Å². The number of carbonyl (C=O) groups is 4. The van der Waals surface area contributed by atoms with Crippen LogP contribution in [0.3, 0.4) is 0 Å². The molecular weight excluding hydrogens is 1630 g/mol. The number of hydrogen-bond donors (Lipinski definition) is 8. The first-order valence-electron chi connectivity index (χ1n) is 38.6. The molecule has 8 heterocycles. The maximum Gasteiger partial charge on any atom is 0.408 e. The van der Waals surface area contributed by atoms with Crippen LogP contribution in [-0.2, 0) is 38.6 Å². The van der Waals surface area contributed by atoms with E-state index in [0.29, 0.717) is 163 Å². The third-order valence-electron chi connectivity index (χ3n) is 18.7. The van der Waals surface area contributed by atoms with E-state index in [2.05, 4.69) is 61.5 Å². The van der Waals surface area contributed by atoms with Gasteiger partial charge in [-0.15, -0.1) is 0 Å². The number of esters is 3. The maximum absolute atomic E-state index is 14.2. The number of nitrogens with two attached hydrogens (primary N) is 3. The molecule has 0 spiro atoms. The van der Waals surface area contributed by atoms with E-state index < -0.39 is 41.7 Å². The molecule has 1 amide bonds. The third kappa shape index (κ3) is 22.0. The average Bonchev–Trinajstić information content (AvgIpc) is 0.764. The summed E-state index contributed by atoms with van der Waals surface area (Å²) < 4.78 is 24.3. The fraction of sp³-hybridized carbons (Fsp3) is 0.216. The molecule has 8 aromatic heterocycles. The molecule has 0 aliphatic heterocycles. The summed E-state index contributed by atoms with van der Waals surface area (Å²) in [5.41, 5.74) is 24.6. The number of nitrogen functional groups attached to an aromatic ring is 2. The fourth-order valence-corrected chi connectivity index (χ4v) is 13.0. The predicted molar refractivity (Wildman–Crippen MR) is 475 cm³/mol. The fourth-order valence-electron chi connectivity index (χ4n) is 12.6. The molecule has 0 saturated heterocycles. The number of fused-ring (bicyclic) bond motifs is 3. The van der Waals surface area contributed by atoms with Crippen LogP contribution >= 0.6 is 34.8 Å². The molecular formula is C88H88Cl3N21O11. The third-order valence-corrected chi connectivity index (χ3v) is 19.9. The summed E-state index contributed by atoms with van der Waals surface area (Å²) in [5.74, 6) is 0.753. The minimum absolute atomic E-state index is 0.149. The highest BCUT2D eigenvalue weighted by molar-refractivity contribution is 6.42. The Hall–Kier alpha value is -14.3. The van der Waals surface area contributed by atoms with Crippen LogP contribution in [-0.4, -0.2) is 114 Å². The summed E-state index contributed by atoms with van der Waals surface area (Å²) in [6, 6.07) is 52.9. The van der Waals surface area contributed by atoms with E-state index in [9.17, 15) is 33.6 Å². The van der Waals surface area contributed by atoms with Gasteiger partial charge in [-0.25, -0.2) is 54.1 Å². The zero-order valence-electron chi connectivity index (χ0n) is 68.4. The van der Waals surface area contributed by atoms with Crippen LogP contribution in [0.2, 0.25) is 15.2 Å². The average molecular weight is 1720 g/mol. The number of nitrogens with zero attached hydrogens (tertiary/aromatic N) is 13. The van der Waals surface area contributed by atoms with Gasteiger partial charge in [-0.2, -0.15) is 0 Å². The Kier molecular flexibility index (Phi) is 30.2. The van der Waals surface area contributed by atoms with Crippen molar-refractivity contribution in [2.75, 3.05) is 54.1 Å². The van der Waals surface area contributed by atoms with E-state index in [1.54, 1.807) is 84.5 Å². The number of halogens is 3. The molecule has 32 nitrogen and oxygen atoms in total. The second-order valence-corrected chi connectivity index (χ2v) is 29.2. The van der Waals surface area contributed by atoms with Crippen molar-refractivity contribution < 1.29 is 38.1 Å². The lowest BCUT2D eigenvalue weighted by Gasteiger charge is -2.25. The van der Waals surface area contributed by atoms with Crippen LogP contribution in [0.15, 0.2) is 228 Å². The Morgan fingerprint density at radius 1 is 0.431 bits per heavy atom. The molecule has 0 unspecified atom stereocenters. The predicted octanol–water partition coefficient (Wildman–Crippen LogP) is 14.9. The summed E-state index contributed by atoms with van der Waals surface area (Å²) in [4.78, 5) is 133. The quantitative estimate of drug-likeness (QED) is 0.0158. The summed E-state index contributed by atoms with van der Waals surface area (Å²) in [5, 5.41) is 17.9. The van der Waals surface area contributed by atoms with E-state index >= 15 is 0 Å². The smallest absolute Gasteiger partial charge is 0.408 e. The molecule has 0 bridgehead atoms. The van der Waals surface area contributed by atoms with Crippen molar-refractivity contribution >= 4 is 126 Å². The standard InChI is InChI=1S/C30H33N5O5.C29H27ClN8O3.C25H25N5O3.C4H3Cl2N3/c1-6-22(34-29(38)40-30(2,3)4)26-33-24-14-10-13-23(25(24)27(36)35(26)21-11-8-7-9-12-21)32-18-20-16-15-19(17-31-20)28(37)39-5;1-3-20(36-26-24(30)25(31)34-16-35-26)27-37-22-11-7-10-21(23(22)28(39)38(27)19-8-5-4-6-9-19)33-15-18-13-12-17(14-32-18)29(40)41-2;1-3-19(26)23-29-21-11-7-10-20(22(21)24(31)30(23)18-8-5-4-6-9-18)28-15-17-13-12-16(14-27-17)25(32)33-2;5-2-3(6)8-1-9-4(2)7/h7-17,22,32H,6,18H2,1-5H3,(H,34,38);4-14,16,20,33H,3,15H2,1-2H3,(H3,31,34,35,36);4-14,19,28H,3,15,26H2,1-2H3;1H,(H2,7,8,9)/t22-;20-;19-;/m000./s1. The molecule has 0 radical (unpaired) electrons. The Balaban J connectivity index is 0.000000171. The summed E-state index contributed by atoms with van der Waals surface area (Å²) in [7, 11) is 3.96. The van der Waals surface area contributed by atoms with Crippen LogP contribution in [0.5, 0.6) is 0 Å². The van der Waals surface area contributed by atoms with Crippen LogP contribution < -0.4 is 60.5 Å². The summed E-state index contributed by atoms with van der Waals surface area (Å²) in [6.07, 6.45) is 8.06. The molecule has 123 heavy (non-hydrogen) atoms. The number of carbonyl (C=O) groups excluding carboxylic acids is 4. The van der Waals surface area contributed by atoms with Crippen molar-refractivity contribution in [1.29, 1.82) is 0 Å².